The van der Waals surface area contributed by atoms with Gasteiger partial charge in [0.2, 0.25) is 0 Å². The summed E-state index contributed by atoms with van der Waals surface area (Å²) < 4.78 is 10.3. The van der Waals surface area contributed by atoms with E-state index in [1.54, 1.807) is 14.2 Å². The lowest BCUT2D eigenvalue weighted by atomic mass is 9.59. The lowest BCUT2D eigenvalue weighted by Crippen LogP contribution is -2.48. The van der Waals surface area contributed by atoms with Crippen molar-refractivity contribution in [3.8, 4) is 5.75 Å². The van der Waals surface area contributed by atoms with Gasteiger partial charge in [0, 0.05) is 25.6 Å². The smallest absolute Gasteiger partial charge is 0.118 e. The summed E-state index contributed by atoms with van der Waals surface area (Å²) in [7, 11) is 3.45. The van der Waals surface area contributed by atoms with Gasteiger partial charge in [0.1, 0.15) is 5.75 Å². The van der Waals surface area contributed by atoms with Crippen molar-refractivity contribution < 1.29 is 9.47 Å². The highest BCUT2D eigenvalue weighted by Gasteiger charge is 2.42. The number of hydrogen-bond acceptors (Lipinski definition) is 3. The molecule has 0 atom stereocenters. The van der Waals surface area contributed by atoms with Crippen molar-refractivity contribution in [1.29, 1.82) is 0 Å². The molecule has 0 heterocycles. The summed E-state index contributed by atoms with van der Waals surface area (Å²) in [5.41, 5.74) is 1.73. The molecule has 0 unspecified atom stereocenters. The molecule has 0 saturated heterocycles. The number of ether oxygens (including phenoxy) is 2. The number of methoxy groups -OCH3 is 2. The first kappa shape index (κ1) is 14.4. The molecule has 0 amide bonds. The molecule has 1 aliphatic rings. The van der Waals surface area contributed by atoms with Crippen LogP contribution < -0.4 is 10.1 Å². The minimum absolute atomic E-state index is 0.305. The molecule has 0 bridgehead atoms. The second kappa shape index (κ2) is 6.40. The molecule has 0 aromatic heterocycles. The Bertz CT molecular complexity index is 382. The zero-order valence-electron chi connectivity index (χ0n) is 12.2. The van der Waals surface area contributed by atoms with Gasteiger partial charge in [0.15, 0.2) is 0 Å². The largest absolute Gasteiger partial charge is 0.497 e. The Morgan fingerprint density at radius 1 is 1.21 bits per heavy atom. The van der Waals surface area contributed by atoms with E-state index in [9.17, 15) is 0 Å². The van der Waals surface area contributed by atoms with Crippen molar-refractivity contribution in [2.24, 2.45) is 5.92 Å². The molecule has 0 spiro atoms. The summed E-state index contributed by atoms with van der Waals surface area (Å²) in [5.74, 6) is 1.75. The quantitative estimate of drug-likeness (QED) is 0.767. The highest BCUT2D eigenvalue weighted by atomic mass is 16.5. The van der Waals surface area contributed by atoms with Crippen LogP contribution in [0.2, 0.25) is 0 Å². The van der Waals surface area contributed by atoms with Crippen LogP contribution >= 0.6 is 0 Å². The minimum atomic E-state index is 0.305. The first-order chi connectivity index (χ1) is 9.20. The molecule has 1 saturated carbocycles. The van der Waals surface area contributed by atoms with Crippen molar-refractivity contribution in [2.75, 3.05) is 33.9 Å². The van der Waals surface area contributed by atoms with E-state index in [0.29, 0.717) is 5.41 Å². The van der Waals surface area contributed by atoms with E-state index < -0.39 is 0 Å². The fraction of sp³-hybridized carbons (Fsp3) is 0.625. The molecule has 0 aliphatic heterocycles. The second-order valence-corrected chi connectivity index (χ2v) is 5.69. The number of rotatable bonds is 7. The number of benzene rings is 1. The summed E-state index contributed by atoms with van der Waals surface area (Å²) in [6, 6.07) is 8.55. The topological polar surface area (TPSA) is 30.5 Å². The van der Waals surface area contributed by atoms with Gasteiger partial charge in [0.05, 0.1) is 13.7 Å². The van der Waals surface area contributed by atoms with Gasteiger partial charge in [-0.05, 0) is 36.5 Å². The molecular formula is C16H25NO2. The summed E-state index contributed by atoms with van der Waals surface area (Å²) in [4.78, 5) is 0. The van der Waals surface area contributed by atoms with E-state index in [4.69, 9.17) is 9.47 Å². The Balaban J connectivity index is 2.01. The van der Waals surface area contributed by atoms with Gasteiger partial charge < -0.3 is 14.8 Å². The summed E-state index contributed by atoms with van der Waals surface area (Å²) >= 11 is 0. The van der Waals surface area contributed by atoms with Crippen LogP contribution in [0.5, 0.6) is 5.75 Å². The maximum atomic E-state index is 5.24. The molecular weight excluding hydrogens is 238 g/mol. The third-order valence-electron chi connectivity index (χ3n) is 4.13. The Hall–Kier alpha value is -1.06. The Morgan fingerprint density at radius 3 is 2.42 bits per heavy atom. The van der Waals surface area contributed by atoms with Gasteiger partial charge in [-0.1, -0.05) is 19.1 Å². The van der Waals surface area contributed by atoms with Crippen LogP contribution in [0.25, 0.3) is 0 Å². The summed E-state index contributed by atoms with van der Waals surface area (Å²) in [5, 5.41) is 3.52. The van der Waals surface area contributed by atoms with Gasteiger partial charge in [-0.3, -0.25) is 0 Å². The molecule has 3 nitrogen and oxygen atoms in total. The van der Waals surface area contributed by atoms with Crippen LogP contribution in [-0.4, -0.2) is 33.9 Å². The molecule has 0 radical (unpaired) electrons. The van der Waals surface area contributed by atoms with E-state index in [-0.39, 0.29) is 0 Å². The standard InChI is InChI=1S/C16H25NO2/c1-13-10-16(11-13,12-17-8-9-18-2)14-4-6-15(19-3)7-5-14/h4-7,13,17H,8-12H2,1-3H3. The molecule has 106 valence electrons. The Labute approximate surface area is 116 Å². The fourth-order valence-corrected chi connectivity index (χ4v) is 3.20. The van der Waals surface area contributed by atoms with Crippen LogP contribution in [-0.2, 0) is 10.2 Å². The van der Waals surface area contributed by atoms with Crippen molar-refractivity contribution >= 4 is 0 Å². The van der Waals surface area contributed by atoms with Crippen LogP contribution in [0, 0.1) is 5.92 Å². The maximum Gasteiger partial charge on any atom is 0.118 e. The zero-order valence-corrected chi connectivity index (χ0v) is 12.2. The maximum absolute atomic E-state index is 5.24. The van der Waals surface area contributed by atoms with Gasteiger partial charge in [-0.2, -0.15) is 0 Å². The number of hydrogen-bond donors (Lipinski definition) is 1. The first-order valence-electron chi connectivity index (χ1n) is 7.04. The Kier molecular flexibility index (Phi) is 4.83. The van der Waals surface area contributed by atoms with Gasteiger partial charge in [-0.15, -0.1) is 0 Å². The second-order valence-electron chi connectivity index (χ2n) is 5.69. The average Bonchev–Trinajstić information content (AvgIpc) is 2.41. The van der Waals surface area contributed by atoms with Crippen LogP contribution in [0.3, 0.4) is 0 Å². The van der Waals surface area contributed by atoms with Crippen molar-refractivity contribution in [2.45, 2.75) is 25.2 Å². The van der Waals surface area contributed by atoms with E-state index in [1.807, 2.05) is 0 Å². The van der Waals surface area contributed by atoms with Crippen LogP contribution in [0.1, 0.15) is 25.3 Å². The van der Waals surface area contributed by atoms with E-state index in [0.717, 1.165) is 31.4 Å². The highest BCUT2D eigenvalue weighted by molar-refractivity contribution is 5.34. The molecule has 1 aromatic rings. The zero-order chi connectivity index (χ0) is 13.7. The van der Waals surface area contributed by atoms with Crippen molar-refractivity contribution in [3.63, 3.8) is 0 Å². The minimum Gasteiger partial charge on any atom is -0.497 e. The molecule has 1 fully saturated rings. The predicted octanol–water partition coefficient (Wildman–Crippen LogP) is 2.60. The molecule has 1 aliphatic carbocycles. The normalized spacial score (nSPS) is 25.9. The fourth-order valence-electron chi connectivity index (χ4n) is 3.20. The van der Waals surface area contributed by atoms with Gasteiger partial charge >= 0.3 is 0 Å². The van der Waals surface area contributed by atoms with Crippen LogP contribution in [0.15, 0.2) is 24.3 Å². The Morgan fingerprint density at radius 2 is 1.89 bits per heavy atom. The molecule has 2 rings (SSSR count). The lowest BCUT2D eigenvalue weighted by molar-refractivity contribution is 0.144. The molecule has 3 heteroatoms. The summed E-state index contributed by atoms with van der Waals surface area (Å²) in [6.45, 7) is 5.06. The van der Waals surface area contributed by atoms with E-state index >= 15 is 0 Å². The van der Waals surface area contributed by atoms with Gasteiger partial charge in [0.25, 0.3) is 0 Å². The molecule has 1 N–H and O–H groups in total. The third-order valence-corrected chi connectivity index (χ3v) is 4.13. The van der Waals surface area contributed by atoms with E-state index in [2.05, 4.69) is 36.5 Å². The monoisotopic (exact) mass is 263 g/mol. The number of nitrogens with one attached hydrogen (secondary N) is 1. The van der Waals surface area contributed by atoms with Gasteiger partial charge in [-0.25, -0.2) is 0 Å². The lowest BCUT2D eigenvalue weighted by Gasteiger charge is -2.47. The SMILES string of the molecule is COCCNCC1(c2ccc(OC)cc2)CC(C)C1. The molecule has 19 heavy (non-hydrogen) atoms. The third kappa shape index (κ3) is 3.28. The predicted molar refractivity (Wildman–Crippen MR) is 77.8 cm³/mol. The highest BCUT2D eigenvalue weighted by Crippen LogP contribution is 2.47. The first-order valence-corrected chi connectivity index (χ1v) is 7.04. The van der Waals surface area contributed by atoms with Crippen molar-refractivity contribution in [3.05, 3.63) is 29.8 Å². The summed E-state index contributed by atoms with van der Waals surface area (Å²) in [6.07, 6.45) is 2.53. The average molecular weight is 263 g/mol. The van der Waals surface area contributed by atoms with Crippen LogP contribution in [0.4, 0.5) is 0 Å². The van der Waals surface area contributed by atoms with Crippen molar-refractivity contribution in [1.82, 2.24) is 5.32 Å². The van der Waals surface area contributed by atoms with E-state index in [1.165, 1.54) is 18.4 Å². The molecule has 1 aromatic carbocycles.